The molecule has 0 spiro atoms. The molecule has 92 valence electrons. The molecule has 0 aromatic heterocycles. The summed E-state index contributed by atoms with van der Waals surface area (Å²) in [6.45, 7) is 2.04. The predicted octanol–water partition coefficient (Wildman–Crippen LogP) is 0.878. The van der Waals surface area contributed by atoms with Gasteiger partial charge in [-0.1, -0.05) is 12.8 Å². The van der Waals surface area contributed by atoms with Crippen molar-refractivity contribution >= 4 is 5.91 Å². The largest absolute Gasteiger partial charge is 0.306 e. The SMILES string of the molecule is CN1CCC(C(=O)NN)(C2CCCC2)CC1. The molecule has 3 N–H and O–H groups in total. The first kappa shape index (κ1) is 11.9. The standard InChI is InChI=1S/C12H23N3O/c1-15-8-6-12(7-9-15,11(16)14-13)10-4-2-3-5-10/h10H,2-9,13H2,1H3,(H,14,16). The zero-order chi connectivity index (χ0) is 11.6. The van der Waals surface area contributed by atoms with Crippen LogP contribution in [0.3, 0.4) is 0 Å². The number of nitrogens with zero attached hydrogens (tertiary/aromatic N) is 1. The normalized spacial score (nSPS) is 26.9. The first-order valence-corrected chi connectivity index (χ1v) is 6.38. The van der Waals surface area contributed by atoms with Crippen molar-refractivity contribution in [3.8, 4) is 0 Å². The third-order valence-electron chi connectivity index (χ3n) is 4.60. The van der Waals surface area contributed by atoms with Crippen molar-refractivity contribution in [1.82, 2.24) is 10.3 Å². The van der Waals surface area contributed by atoms with E-state index in [1.54, 1.807) is 0 Å². The van der Waals surface area contributed by atoms with Crippen LogP contribution in [0.15, 0.2) is 0 Å². The molecule has 4 heteroatoms. The molecule has 1 amide bonds. The summed E-state index contributed by atoms with van der Waals surface area (Å²) >= 11 is 0. The lowest BCUT2D eigenvalue weighted by atomic mass is 9.67. The van der Waals surface area contributed by atoms with Gasteiger partial charge in [-0.3, -0.25) is 10.2 Å². The Bertz CT molecular complexity index is 253. The fraction of sp³-hybridized carbons (Fsp3) is 0.917. The van der Waals surface area contributed by atoms with Crippen molar-refractivity contribution < 1.29 is 4.79 Å². The van der Waals surface area contributed by atoms with Crippen LogP contribution in [-0.2, 0) is 4.79 Å². The number of hydrogen-bond donors (Lipinski definition) is 2. The first-order valence-electron chi connectivity index (χ1n) is 6.38. The molecule has 0 atom stereocenters. The van der Waals surface area contributed by atoms with Crippen molar-refractivity contribution in [2.24, 2.45) is 17.2 Å². The monoisotopic (exact) mass is 225 g/mol. The van der Waals surface area contributed by atoms with Crippen LogP contribution in [0.4, 0.5) is 0 Å². The van der Waals surface area contributed by atoms with Gasteiger partial charge >= 0.3 is 0 Å². The van der Waals surface area contributed by atoms with Crippen LogP contribution in [0.1, 0.15) is 38.5 Å². The second-order valence-corrected chi connectivity index (χ2v) is 5.41. The highest BCUT2D eigenvalue weighted by atomic mass is 16.2. The Morgan fingerprint density at radius 1 is 1.31 bits per heavy atom. The van der Waals surface area contributed by atoms with Crippen LogP contribution in [0.5, 0.6) is 0 Å². The van der Waals surface area contributed by atoms with E-state index in [-0.39, 0.29) is 11.3 Å². The molecular weight excluding hydrogens is 202 g/mol. The average Bonchev–Trinajstić information content (AvgIpc) is 2.83. The van der Waals surface area contributed by atoms with Gasteiger partial charge in [-0.05, 0) is 51.7 Å². The molecule has 0 unspecified atom stereocenters. The van der Waals surface area contributed by atoms with Crippen LogP contribution < -0.4 is 11.3 Å². The van der Waals surface area contributed by atoms with E-state index in [0.717, 1.165) is 25.9 Å². The summed E-state index contributed by atoms with van der Waals surface area (Å²) < 4.78 is 0. The number of nitrogens with two attached hydrogens (primary N) is 1. The van der Waals surface area contributed by atoms with Crippen LogP contribution in [0, 0.1) is 11.3 Å². The first-order chi connectivity index (χ1) is 7.69. The van der Waals surface area contributed by atoms with Crippen molar-refractivity contribution in [3.63, 3.8) is 0 Å². The summed E-state index contributed by atoms with van der Waals surface area (Å²) in [6, 6.07) is 0. The maximum Gasteiger partial charge on any atom is 0.240 e. The van der Waals surface area contributed by atoms with Gasteiger partial charge in [0.1, 0.15) is 0 Å². The van der Waals surface area contributed by atoms with E-state index in [4.69, 9.17) is 5.84 Å². The Hall–Kier alpha value is -0.610. The van der Waals surface area contributed by atoms with E-state index in [9.17, 15) is 4.79 Å². The number of hydrazine groups is 1. The number of carbonyl (C=O) groups excluding carboxylic acids is 1. The zero-order valence-electron chi connectivity index (χ0n) is 10.2. The maximum atomic E-state index is 12.1. The highest BCUT2D eigenvalue weighted by Gasteiger charge is 2.47. The molecule has 0 aromatic rings. The second kappa shape index (κ2) is 4.72. The Morgan fingerprint density at radius 3 is 2.38 bits per heavy atom. The highest BCUT2D eigenvalue weighted by molar-refractivity contribution is 5.82. The number of likely N-dealkylation sites (tertiary alicyclic amines) is 1. The van der Waals surface area contributed by atoms with Crippen molar-refractivity contribution in [2.45, 2.75) is 38.5 Å². The minimum atomic E-state index is -0.169. The molecule has 4 nitrogen and oxygen atoms in total. The lowest BCUT2D eigenvalue weighted by Crippen LogP contribution is -2.53. The summed E-state index contributed by atoms with van der Waals surface area (Å²) in [4.78, 5) is 14.4. The van der Waals surface area contributed by atoms with Gasteiger partial charge in [0.05, 0.1) is 5.41 Å². The van der Waals surface area contributed by atoms with Crippen molar-refractivity contribution in [3.05, 3.63) is 0 Å². The molecule has 0 bridgehead atoms. The minimum Gasteiger partial charge on any atom is -0.306 e. The molecular formula is C12H23N3O. The zero-order valence-corrected chi connectivity index (χ0v) is 10.2. The highest BCUT2D eigenvalue weighted by Crippen LogP contribution is 2.46. The smallest absolute Gasteiger partial charge is 0.240 e. The molecule has 2 aliphatic rings. The molecule has 2 fully saturated rings. The number of carbonyl (C=O) groups is 1. The van der Waals surface area contributed by atoms with Crippen molar-refractivity contribution in [1.29, 1.82) is 0 Å². The molecule has 2 rings (SSSR count). The van der Waals surface area contributed by atoms with E-state index >= 15 is 0 Å². The summed E-state index contributed by atoms with van der Waals surface area (Å²) in [6.07, 6.45) is 6.91. The summed E-state index contributed by atoms with van der Waals surface area (Å²) in [5.41, 5.74) is 2.24. The molecule has 16 heavy (non-hydrogen) atoms. The van der Waals surface area contributed by atoms with Crippen molar-refractivity contribution in [2.75, 3.05) is 20.1 Å². The molecule has 1 aliphatic heterocycles. The number of amides is 1. The van der Waals surface area contributed by atoms with E-state index in [1.165, 1.54) is 25.7 Å². The van der Waals surface area contributed by atoms with Crippen LogP contribution in [-0.4, -0.2) is 30.9 Å². The molecule has 1 heterocycles. The average molecular weight is 225 g/mol. The van der Waals surface area contributed by atoms with Gasteiger partial charge in [0.15, 0.2) is 0 Å². The molecule has 0 radical (unpaired) electrons. The summed E-state index contributed by atoms with van der Waals surface area (Å²) in [5, 5.41) is 0. The van der Waals surface area contributed by atoms with Crippen LogP contribution >= 0.6 is 0 Å². The second-order valence-electron chi connectivity index (χ2n) is 5.41. The fourth-order valence-electron chi connectivity index (χ4n) is 3.46. The number of rotatable bonds is 2. The third-order valence-corrected chi connectivity index (χ3v) is 4.60. The minimum absolute atomic E-state index is 0.0764. The summed E-state index contributed by atoms with van der Waals surface area (Å²) in [5.74, 6) is 6.01. The fourth-order valence-corrected chi connectivity index (χ4v) is 3.46. The lowest BCUT2D eigenvalue weighted by Gasteiger charge is -2.43. The molecule has 1 saturated heterocycles. The van der Waals surface area contributed by atoms with E-state index in [0.29, 0.717) is 5.92 Å². The Kier molecular flexibility index (Phi) is 3.50. The Labute approximate surface area is 97.5 Å². The topological polar surface area (TPSA) is 58.4 Å². The van der Waals surface area contributed by atoms with Gasteiger partial charge < -0.3 is 4.90 Å². The van der Waals surface area contributed by atoms with E-state index in [1.807, 2.05) is 0 Å². The Balaban J connectivity index is 2.15. The predicted molar refractivity (Wildman–Crippen MR) is 63.5 cm³/mol. The Morgan fingerprint density at radius 2 is 1.88 bits per heavy atom. The number of nitrogens with one attached hydrogen (secondary N) is 1. The van der Waals surface area contributed by atoms with Gasteiger partial charge in [-0.15, -0.1) is 0 Å². The molecule has 1 aliphatic carbocycles. The maximum absolute atomic E-state index is 12.1. The quantitative estimate of drug-likeness (QED) is 0.417. The van der Waals surface area contributed by atoms with E-state index in [2.05, 4.69) is 17.4 Å². The van der Waals surface area contributed by atoms with E-state index < -0.39 is 0 Å². The van der Waals surface area contributed by atoms with Gasteiger partial charge in [0.25, 0.3) is 0 Å². The van der Waals surface area contributed by atoms with Gasteiger partial charge in [-0.2, -0.15) is 0 Å². The molecule has 1 saturated carbocycles. The lowest BCUT2D eigenvalue weighted by molar-refractivity contribution is -0.138. The number of hydrogen-bond acceptors (Lipinski definition) is 3. The third kappa shape index (κ3) is 1.96. The van der Waals surface area contributed by atoms with Crippen LogP contribution in [0.2, 0.25) is 0 Å². The van der Waals surface area contributed by atoms with Gasteiger partial charge in [-0.25, -0.2) is 5.84 Å². The summed E-state index contributed by atoms with van der Waals surface area (Å²) in [7, 11) is 2.12. The molecule has 0 aromatic carbocycles. The van der Waals surface area contributed by atoms with Crippen LogP contribution in [0.25, 0.3) is 0 Å². The van der Waals surface area contributed by atoms with Gasteiger partial charge in [0, 0.05) is 0 Å². The van der Waals surface area contributed by atoms with Gasteiger partial charge in [0.2, 0.25) is 5.91 Å². The number of piperidine rings is 1.